The molecule has 92 valence electrons. The Morgan fingerprint density at radius 2 is 2.06 bits per heavy atom. The first-order chi connectivity index (χ1) is 7.12. The van der Waals surface area contributed by atoms with Gasteiger partial charge in [0, 0.05) is 19.0 Å². The first-order valence-electron chi connectivity index (χ1n) is 4.01. The summed E-state index contributed by atoms with van der Waals surface area (Å²) >= 11 is 0. The summed E-state index contributed by atoms with van der Waals surface area (Å²) < 4.78 is 35.5. The minimum Gasteiger partial charge on any atom is -0.725 e. The summed E-state index contributed by atoms with van der Waals surface area (Å²) in [6, 6.07) is 0. The fourth-order valence-electron chi connectivity index (χ4n) is 0.994. The van der Waals surface area contributed by atoms with Crippen LogP contribution in [0.4, 0.5) is 0 Å². The summed E-state index contributed by atoms with van der Waals surface area (Å²) in [6.07, 6.45) is 0. The molecule has 1 amide bonds. The Balaban J connectivity index is 0. The van der Waals surface area contributed by atoms with Crippen molar-refractivity contribution in [2.75, 3.05) is 20.6 Å². The van der Waals surface area contributed by atoms with Gasteiger partial charge in [0.15, 0.2) is 5.60 Å². The van der Waals surface area contributed by atoms with E-state index < -0.39 is 28.5 Å². The third-order valence-corrected chi connectivity index (χ3v) is 2.15. The van der Waals surface area contributed by atoms with E-state index in [2.05, 4.69) is 14.2 Å². The van der Waals surface area contributed by atoms with Crippen molar-refractivity contribution in [1.29, 1.82) is 0 Å². The van der Waals surface area contributed by atoms with Gasteiger partial charge in [-0.3, -0.25) is 8.98 Å². The van der Waals surface area contributed by atoms with Crippen molar-refractivity contribution >= 4 is 16.3 Å². The van der Waals surface area contributed by atoms with Gasteiger partial charge in [0.05, 0.1) is 6.54 Å². The molecule has 17 heavy (non-hydrogen) atoms. The molecule has 0 bridgehead atoms. The zero-order valence-corrected chi connectivity index (χ0v) is 12.8. The predicted octanol–water partition coefficient (Wildman–Crippen LogP) is -3.38. The van der Waals surface area contributed by atoms with Crippen molar-refractivity contribution in [3.05, 3.63) is 10.4 Å². The zero-order valence-electron chi connectivity index (χ0n) is 9.95. The monoisotopic (exact) mass is 274 g/mol. The maximum atomic E-state index is 11.6. The van der Waals surface area contributed by atoms with E-state index in [9.17, 15) is 17.8 Å². The van der Waals surface area contributed by atoms with Crippen LogP contribution in [0.5, 0.6) is 0 Å². The van der Waals surface area contributed by atoms with E-state index in [1.807, 2.05) is 0 Å². The van der Waals surface area contributed by atoms with E-state index in [1.165, 1.54) is 14.1 Å². The number of likely N-dealkylation sites (N-methyl/N-ethyl adjacent to an activating group) is 1. The van der Waals surface area contributed by atoms with E-state index in [1.54, 1.807) is 0 Å². The molecular weight excluding hydrogens is 263 g/mol. The maximum Gasteiger partial charge on any atom is 1.00 e. The smallest absolute Gasteiger partial charge is 0.725 e. The number of rotatable bonds is 5. The number of amides is 1. The van der Waals surface area contributed by atoms with Crippen molar-refractivity contribution in [2.24, 2.45) is 5.11 Å². The summed E-state index contributed by atoms with van der Waals surface area (Å²) in [4.78, 5) is 15.0. The Morgan fingerprint density at radius 1 is 1.59 bits per heavy atom. The number of hydrogen-bond acceptors (Lipinski definition) is 6. The standard InChI is InChI=1S/C6H12N4O5S.Na/c1-6(4-8-9-7,5(11)10(2)3)15-16(12,13)14;/h4H2,1-3H3,(H,12,13,14);/q;+1/p-1/t6-;/m0./s1. The summed E-state index contributed by atoms with van der Waals surface area (Å²) in [5.74, 6) is -0.792. The Labute approximate surface area is 121 Å². The van der Waals surface area contributed by atoms with E-state index in [0.717, 1.165) is 11.8 Å². The summed E-state index contributed by atoms with van der Waals surface area (Å²) in [7, 11) is -2.38. The van der Waals surface area contributed by atoms with Crippen molar-refractivity contribution in [3.63, 3.8) is 0 Å². The number of carbonyl (C=O) groups is 1. The molecule has 0 rings (SSSR count). The Morgan fingerprint density at radius 3 is 2.35 bits per heavy atom. The van der Waals surface area contributed by atoms with Crippen LogP contribution in [0.1, 0.15) is 6.92 Å². The van der Waals surface area contributed by atoms with Gasteiger partial charge in [0.25, 0.3) is 5.91 Å². The number of azide groups is 1. The van der Waals surface area contributed by atoms with Crippen LogP contribution in [-0.2, 0) is 19.4 Å². The minimum absolute atomic E-state index is 0. The molecule has 0 heterocycles. The van der Waals surface area contributed by atoms with Gasteiger partial charge in [-0.2, -0.15) is 0 Å². The van der Waals surface area contributed by atoms with E-state index >= 15 is 0 Å². The molecule has 0 aromatic heterocycles. The summed E-state index contributed by atoms with van der Waals surface area (Å²) in [6.45, 7) is 0.460. The van der Waals surface area contributed by atoms with E-state index in [4.69, 9.17) is 5.53 Å². The van der Waals surface area contributed by atoms with Crippen LogP contribution in [0.3, 0.4) is 0 Å². The fraction of sp³-hybridized carbons (Fsp3) is 0.833. The van der Waals surface area contributed by atoms with Gasteiger partial charge in [-0.15, -0.1) is 0 Å². The number of hydrogen-bond donors (Lipinski definition) is 0. The van der Waals surface area contributed by atoms with Gasteiger partial charge >= 0.3 is 29.6 Å². The minimum atomic E-state index is -5.07. The van der Waals surface area contributed by atoms with Crippen LogP contribution >= 0.6 is 0 Å². The third-order valence-electron chi connectivity index (χ3n) is 1.58. The van der Waals surface area contributed by atoms with Crippen molar-refractivity contribution < 1.29 is 51.5 Å². The first-order valence-corrected chi connectivity index (χ1v) is 5.35. The first kappa shape index (κ1) is 19.0. The topological polar surface area (TPSA) is 136 Å². The molecule has 0 aliphatic heterocycles. The molecule has 0 aliphatic carbocycles. The second-order valence-corrected chi connectivity index (χ2v) is 4.29. The molecule has 0 saturated carbocycles. The van der Waals surface area contributed by atoms with E-state index in [-0.39, 0.29) is 29.6 Å². The quantitative estimate of drug-likeness (QED) is 0.129. The molecule has 0 spiro atoms. The molecule has 0 aromatic carbocycles. The molecular formula is C6H11N4NaO5S. The average molecular weight is 274 g/mol. The van der Waals surface area contributed by atoms with Gasteiger partial charge in [0.1, 0.15) is 0 Å². The van der Waals surface area contributed by atoms with Crippen molar-refractivity contribution in [1.82, 2.24) is 4.90 Å². The van der Waals surface area contributed by atoms with Crippen LogP contribution in [0.15, 0.2) is 5.11 Å². The second kappa shape index (κ2) is 7.17. The molecule has 0 fully saturated rings. The van der Waals surface area contributed by atoms with Crippen molar-refractivity contribution in [3.8, 4) is 0 Å². The fourth-order valence-corrected chi connectivity index (χ4v) is 1.57. The van der Waals surface area contributed by atoms with Gasteiger partial charge in [-0.05, 0) is 12.5 Å². The number of carbonyl (C=O) groups excluding carboxylic acids is 1. The third kappa shape index (κ3) is 6.84. The maximum absolute atomic E-state index is 11.6. The van der Waals surface area contributed by atoms with Gasteiger partial charge in [-0.1, -0.05) is 5.11 Å². The Kier molecular flexibility index (Phi) is 8.01. The molecule has 0 N–H and O–H groups in total. The molecule has 0 radical (unpaired) electrons. The Hall–Kier alpha value is -0.350. The van der Waals surface area contributed by atoms with Crippen LogP contribution in [0.25, 0.3) is 10.4 Å². The molecule has 1 atom stereocenters. The molecule has 9 nitrogen and oxygen atoms in total. The van der Waals surface area contributed by atoms with Crippen LogP contribution in [0, 0.1) is 0 Å². The predicted molar refractivity (Wildman–Crippen MR) is 51.9 cm³/mol. The van der Waals surface area contributed by atoms with Gasteiger partial charge in [-0.25, -0.2) is 8.42 Å². The molecule has 0 aliphatic rings. The van der Waals surface area contributed by atoms with Crippen molar-refractivity contribution in [2.45, 2.75) is 12.5 Å². The van der Waals surface area contributed by atoms with Crippen LogP contribution in [-0.4, -0.2) is 50.0 Å². The average Bonchev–Trinajstić information content (AvgIpc) is 2.10. The molecule has 0 unspecified atom stereocenters. The second-order valence-electron chi connectivity index (χ2n) is 3.31. The van der Waals surface area contributed by atoms with Crippen LogP contribution in [0.2, 0.25) is 0 Å². The van der Waals surface area contributed by atoms with Gasteiger partial charge < -0.3 is 9.45 Å². The van der Waals surface area contributed by atoms with Crippen LogP contribution < -0.4 is 29.6 Å². The largest absolute Gasteiger partial charge is 1.00 e. The number of nitrogens with zero attached hydrogens (tertiary/aromatic N) is 4. The normalized spacial score (nSPS) is 13.9. The molecule has 0 saturated heterocycles. The summed E-state index contributed by atoms with van der Waals surface area (Å²) in [5, 5.41) is 3.04. The zero-order chi connectivity index (χ0) is 13.0. The summed E-state index contributed by atoms with van der Waals surface area (Å²) in [5.41, 5.74) is 6.08. The molecule has 0 aromatic rings. The SMILES string of the molecule is CN(C)C(=O)[C@](C)(CN=[N+]=[N-])OS(=O)(=O)[O-].[Na+]. The van der Waals surface area contributed by atoms with E-state index in [0.29, 0.717) is 0 Å². The Bertz CT molecular complexity index is 418. The van der Waals surface area contributed by atoms with Gasteiger partial charge in [0.2, 0.25) is 10.4 Å². The molecule has 11 heteroatoms.